The molecule has 1 fully saturated rings. The molecule has 2 rings (SSSR count). The summed E-state index contributed by atoms with van der Waals surface area (Å²) in [6.45, 7) is 9.39. The van der Waals surface area contributed by atoms with Crippen LogP contribution in [0, 0.1) is 0 Å². The Bertz CT molecular complexity index is 434. The fraction of sp³-hybridized carbons (Fsp3) is 0.667. The van der Waals surface area contributed by atoms with E-state index in [2.05, 4.69) is 27.2 Å². The summed E-state index contributed by atoms with van der Waals surface area (Å²) < 4.78 is 15.6. The molecule has 0 spiro atoms. The minimum Gasteiger partial charge on any atom is -0.491 e. The Morgan fingerprint density at radius 3 is 2.25 bits per heavy atom. The van der Waals surface area contributed by atoms with Crippen molar-refractivity contribution in [2.75, 3.05) is 84.8 Å². The number of methoxy groups -OCH3 is 2. The number of ether oxygens (including phenoxy) is 3. The number of benzene rings is 1. The molecule has 6 nitrogen and oxygen atoms in total. The third-order valence-corrected chi connectivity index (χ3v) is 4.22. The fourth-order valence-electron chi connectivity index (χ4n) is 2.76. The van der Waals surface area contributed by atoms with E-state index in [0.29, 0.717) is 13.2 Å². The molecule has 0 amide bonds. The van der Waals surface area contributed by atoms with E-state index in [1.807, 2.05) is 12.1 Å². The van der Waals surface area contributed by atoms with Gasteiger partial charge >= 0.3 is 0 Å². The maximum absolute atomic E-state index is 5.61. The van der Waals surface area contributed by atoms with E-state index in [9.17, 15) is 0 Å². The molecule has 0 radical (unpaired) electrons. The van der Waals surface area contributed by atoms with Crippen molar-refractivity contribution in [2.45, 2.75) is 0 Å². The largest absolute Gasteiger partial charge is 0.491 e. The first-order chi connectivity index (χ1) is 11.8. The molecule has 1 aromatic rings. The van der Waals surface area contributed by atoms with Crippen molar-refractivity contribution in [3.8, 4) is 5.75 Å². The van der Waals surface area contributed by atoms with Crippen LogP contribution in [0.1, 0.15) is 0 Å². The van der Waals surface area contributed by atoms with Gasteiger partial charge in [-0.3, -0.25) is 4.90 Å². The second-order valence-corrected chi connectivity index (χ2v) is 5.91. The van der Waals surface area contributed by atoms with E-state index in [4.69, 9.17) is 14.2 Å². The zero-order valence-electron chi connectivity index (χ0n) is 15.0. The second-order valence-electron chi connectivity index (χ2n) is 5.91. The average molecular weight is 337 g/mol. The first-order valence-corrected chi connectivity index (χ1v) is 8.72. The lowest BCUT2D eigenvalue weighted by Gasteiger charge is -2.36. The Morgan fingerprint density at radius 2 is 1.58 bits per heavy atom. The van der Waals surface area contributed by atoms with E-state index < -0.39 is 0 Å². The quantitative estimate of drug-likeness (QED) is 0.610. The highest BCUT2D eigenvalue weighted by Crippen LogP contribution is 2.20. The number of nitrogens with zero attached hydrogens (tertiary/aromatic N) is 2. The smallest absolute Gasteiger partial charge is 0.119 e. The van der Waals surface area contributed by atoms with Gasteiger partial charge in [-0.15, -0.1) is 0 Å². The van der Waals surface area contributed by atoms with E-state index in [1.165, 1.54) is 5.69 Å². The Balaban J connectivity index is 1.66. The predicted molar refractivity (Wildman–Crippen MR) is 97.2 cm³/mol. The van der Waals surface area contributed by atoms with Crippen LogP contribution in [0.4, 0.5) is 5.69 Å². The van der Waals surface area contributed by atoms with Crippen LogP contribution in [-0.4, -0.2) is 84.8 Å². The molecule has 0 bridgehead atoms. The predicted octanol–water partition coefficient (Wildman–Crippen LogP) is 1.07. The number of hydrogen-bond acceptors (Lipinski definition) is 6. The summed E-state index contributed by atoms with van der Waals surface area (Å²) in [6, 6.07) is 8.36. The first kappa shape index (κ1) is 19.0. The number of anilines is 1. The van der Waals surface area contributed by atoms with Crippen molar-refractivity contribution in [1.29, 1.82) is 0 Å². The van der Waals surface area contributed by atoms with Crippen molar-refractivity contribution in [2.24, 2.45) is 0 Å². The van der Waals surface area contributed by atoms with Gasteiger partial charge in [0.15, 0.2) is 0 Å². The normalized spacial score (nSPS) is 15.7. The van der Waals surface area contributed by atoms with Crippen molar-refractivity contribution in [1.82, 2.24) is 10.2 Å². The van der Waals surface area contributed by atoms with Crippen molar-refractivity contribution in [3.63, 3.8) is 0 Å². The maximum atomic E-state index is 5.61. The van der Waals surface area contributed by atoms with Gasteiger partial charge in [-0.2, -0.15) is 0 Å². The van der Waals surface area contributed by atoms with Gasteiger partial charge in [-0.1, -0.05) is 0 Å². The molecule has 1 heterocycles. The molecule has 0 saturated carbocycles. The molecule has 0 unspecified atom stereocenters. The molecule has 1 aliphatic heterocycles. The summed E-state index contributed by atoms with van der Waals surface area (Å²) in [6.07, 6.45) is 0. The Labute approximate surface area is 145 Å². The standard InChI is InChI=1S/C18H31N3O3/c1-22-14-8-19-7-9-20-10-12-21(13-11-20)17-3-5-18(6-4-17)24-16-15-23-2/h3-6,19H,7-16H2,1-2H3. The summed E-state index contributed by atoms with van der Waals surface area (Å²) >= 11 is 0. The molecule has 24 heavy (non-hydrogen) atoms. The summed E-state index contributed by atoms with van der Waals surface area (Å²) in [5, 5.41) is 3.40. The summed E-state index contributed by atoms with van der Waals surface area (Å²) in [7, 11) is 3.42. The van der Waals surface area contributed by atoms with Gasteiger partial charge in [0.1, 0.15) is 12.4 Å². The Kier molecular flexibility index (Phi) is 8.91. The van der Waals surface area contributed by atoms with Gasteiger partial charge in [0.2, 0.25) is 0 Å². The van der Waals surface area contributed by atoms with Crippen LogP contribution in [0.5, 0.6) is 5.75 Å². The number of piperazine rings is 1. The van der Waals surface area contributed by atoms with Gasteiger partial charge in [-0.05, 0) is 24.3 Å². The molecule has 0 aromatic heterocycles. The third kappa shape index (κ3) is 6.65. The van der Waals surface area contributed by atoms with E-state index >= 15 is 0 Å². The minimum atomic E-state index is 0.590. The van der Waals surface area contributed by atoms with Gasteiger partial charge in [0, 0.05) is 65.7 Å². The van der Waals surface area contributed by atoms with Crippen LogP contribution in [0.2, 0.25) is 0 Å². The first-order valence-electron chi connectivity index (χ1n) is 8.72. The number of rotatable bonds is 11. The number of hydrogen-bond donors (Lipinski definition) is 1. The zero-order chi connectivity index (χ0) is 17.0. The van der Waals surface area contributed by atoms with Crippen molar-refractivity contribution in [3.05, 3.63) is 24.3 Å². The highest BCUT2D eigenvalue weighted by atomic mass is 16.5. The third-order valence-electron chi connectivity index (χ3n) is 4.22. The van der Waals surface area contributed by atoms with Crippen molar-refractivity contribution < 1.29 is 14.2 Å². The van der Waals surface area contributed by atoms with Crippen LogP contribution >= 0.6 is 0 Å². The molecule has 6 heteroatoms. The fourth-order valence-corrected chi connectivity index (χ4v) is 2.76. The summed E-state index contributed by atoms with van der Waals surface area (Å²) in [5.41, 5.74) is 1.27. The lowest BCUT2D eigenvalue weighted by atomic mass is 10.2. The highest BCUT2D eigenvalue weighted by molar-refractivity contribution is 5.49. The second kappa shape index (κ2) is 11.3. The minimum absolute atomic E-state index is 0.590. The molecule has 0 atom stereocenters. The van der Waals surface area contributed by atoms with Crippen LogP contribution in [0.15, 0.2) is 24.3 Å². The van der Waals surface area contributed by atoms with Crippen LogP contribution < -0.4 is 15.0 Å². The summed E-state index contributed by atoms with van der Waals surface area (Å²) in [5.74, 6) is 0.900. The molecule has 136 valence electrons. The summed E-state index contributed by atoms with van der Waals surface area (Å²) in [4.78, 5) is 4.95. The highest BCUT2D eigenvalue weighted by Gasteiger charge is 2.16. The molecule has 1 N–H and O–H groups in total. The van der Waals surface area contributed by atoms with Crippen LogP contribution in [-0.2, 0) is 9.47 Å². The molecular weight excluding hydrogens is 306 g/mol. The van der Waals surface area contributed by atoms with Gasteiger partial charge in [0.25, 0.3) is 0 Å². The van der Waals surface area contributed by atoms with Crippen molar-refractivity contribution >= 4 is 5.69 Å². The maximum Gasteiger partial charge on any atom is 0.119 e. The van der Waals surface area contributed by atoms with Crippen LogP contribution in [0.25, 0.3) is 0 Å². The Hall–Kier alpha value is -1.34. The molecule has 0 aliphatic carbocycles. The SMILES string of the molecule is COCCNCCN1CCN(c2ccc(OCCOC)cc2)CC1. The van der Waals surface area contributed by atoms with E-state index in [0.717, 1.165) is 58.2 Å². The van der Waals surface area contributed by atoms with Gasteiger partial charge in [0.05, 0.1) is 13.2 Å². The molecule has 1 saturated heterocycles. The van der Waals surface area contributed by atoms with Crippen LogP contribution in [0.3, 0.4) is 0 Å². The average Bonchev–Trinajstić information content (AvgIpc) is 2.63. The van der Waals surface area contributed by atoms with E-state index in [1.54, 1.807) is 14.2 Å². The topological polar surface area (TPSA) is 46.2 Å². The number of nitrogens with one attached hydrogen (secondary N) is 1. The monoisotopic (exact) mass is 337 g/mol. The molecular formula is C18H31N3O3. The lowest BCUT2D eigenvalue weighted by molar-refractivity contribution is 0.146. The van der Waals surface area contributed by atoms with Gasteiger partial charge in [-0.25, -0.2) is 0 Å². The molecule has 1 aliphatic rings. The zero-order valence-corrected chi connectivity index (χ0v) is 15.0. The van der Waals surface area contributed by atoms with E-state index in [-0.39, 0.29) is 0 Å². The van der Waals surface area contributed by atoms with Gasteiger partial charge < -0.3 is 24.4 Å². The Morgan fingerprint density at radius 1 is 0.875 bits per heavy atom. The molecule has 1 aromatic carbocycles. The lowest BCUT2D eigenvalue weighted by Crippen LogP contribution is -2.48.